The van der Waals surface area contributed by atoms with Crippen LogP contribution in [0.3, 0.4) is 0 Å². The summed E-state index contributed by atoms with van der Waals surface area (Å²) in [7, 11) is 0. The van der Waals surface area contributed by atoms with Gasteiger partial charge in [0.2, 0.25) is 0 Å². The van der Waals surface area contributed by atoms with E-state index >= 15 is 0 Å². The smallest absolute Gasteiger partial charge is 0.122 e. The predicted octanol–water partition coefficient (Wildman–Crippen LogP) is 0.950. The summed E-state index contributed by atoms with van der Waals surface area (Å²) in [6.45, 7) is 5.22. The highest BCUT2D eigenvalue weighted by atomic mass is 16.5. The molecule has 0 aliphatic carbocycles. The van der Waals surface area contributed by atoms with Crippen molar-refractivity contribution < 1.29 is 9.84 Å². The second-order valence-electron chi connectivity index (χ2n) is 5.28. The number of nitrogens with one attached hydrogen (secondary N) is 1. The van der Waals surface area contributed by atoms with Crippen molar-refractivity contribution in [1.29, 1.82) is 0 Å². The van der Waals surface area contributed by atoms with Crippen molar-refractivity contribution in [2.45, 2.75) is 18.9 Å². The van der Waals surface area contributed by atoms with Crippen LogP contribution < -0.4 is 10.1 Å². The first-order valence-corrected chi connectivity index (χ1v) is 7.20. The number of hydrogen-bond donors (Lipinski definition) is 2. The van der Waals surface area contributed by atoms with Crippen LogP contribution in [0, 0.1) is 0 Å². The number of benzene rings is 1. The van der Waals surface area contributed by atoms with Crippen LogP contribution in [-0.4, -0.2) is 49.4 Å². The SMILES string of the molecule is OCC[C@@H](c1ccc2c(c1)CCO2)N1CCNCC1. The van der Waals surface area contributed by atoms with Crippen LogP contribution in [0.4, 0.5) is 0 Å². The molecule has 0 radical (unpaired) electrons. The van der Waals surface area contributed by atoms with Crippen LogP contribution in [-0.2, 0) is 6.42 Å². The van der Waals surface area contributed by atoms with Crippen LogP contribution in [0.1, 0.15) is 23.6 Å². The molecule has 1 saturated heterocycles. The minimum Gasteiger partial charge on any atom is -0.493 e. The molecule has 0 spiro atoms. The van der Waals surface area contributed by atoms with E-state index in [-0.39, 0.29) is 6.61 Å². The Kier molecular flexibility index (Phi) is 4.01. The predicted molar refractivity (Wildman–Crippen MR) is 74.5 cm³/mol. The molecular formula is C15H22N2O2. The molecule has 0 aromatic heterocycles. The van der Waals surface area contributed by atoms with E-state index < -0.39 is 0 Å². The first-order chi connectivity index (χ1) is 9.38. The molecule has 19 heavy (non-hydrogen) atoms. The lowest BCUT2D eigenvalue weighted by Gasteiger charge is -2.35. The summed E-state index contributed by atoms with van der Waals surface area (Å²) in [4.78, 5) is 2.48. The van der Waals surface area contributed by atoms with Gasteiger partial charge in [-0.15, -0.1) is 0 Å². The molecule has 2 heterocycles. The Labute approximate surface area is 114 Å². The van der Waals surface area contributed by atoms with Crippen molar-refractivity contribution in [3.63, 3.8) is 0 Å². The molecule has 0 saturated carbocycles. The van der Waals surface area contributed by atoms with Crippen LogP contribution >= 0.6 is 0 Å². The van der Waals surface area contributed by atoms with Crippen LogP contribution in [0.25, 0.3) is 0 Å². The standard InChI is InChI=1S/C15H22N2O2/c18-9-3-14(17-7-5-16-6-8-17)12-1-2-15-13(11-12)4-10-19-15/h1-2,11,14,16,18H,3-10H2/t14-/m0/s1. The summed E-state index contributed by atoms with van der Waals surface area (Å²) < 4.78 is 5.57. The summed E-state index contributed by atoms with van der Waals surface area (Å²) >= 11 is 0. The van der Waals surface area contributed by atoms with Crippen LogP contribution in [0.15, 0.2) is 18.2 Å². The Hall–Kier alpha value is -1.10. The number of hydrogen-bond acceptors (Lipinski definition) is 4. The summed E-state index contributed by atoms with van der Waals surface area (Å²) in [5.41, 5.74) is 2.63. The second kappa shape index (κ2) is 5.90. The lowest BCUT2D eigenvalue weighted by Crippen LogP contribution is -2.45. The maximum absolute atomic E-state index is 9.36. The Bertz CT molecular complexity index is 430. The summed E-state index contributed by atoms with van der Waals surface area (Å²) in [5.74, 6) is 1.03. The van der Waals surface area contributed by atoms with Crippen molar-refractivity contribution in [2.24, 2.45) is 0 Å². The molecule has 2 aliphatic heterocycles. The van der Waals surface area contributed by atoms with Gasteiger partial charge in [0, 0.05) is 45.2 Å². The number of aliphatic hydroxyl groups excluding tert-OH is 1. The molecule has 1 fully saturated rings. The van der Waals surface area contributed by atoms with Gasteiger partial charge >= 0.3 is 0 Å². The van der Waals surface area contributed by atoms with Crippen LogP contribution in [0.2, 0.25) is 0 Å². The minimum atomic E-state index is 0.238. The molecule has 4 nitrogen and oxygen atoms in total. The number of rotatable bonds is 4. The fourth-order valence-corrected chi connectivity index (χ4v) is 3.09. The highest BCUT2D eigenvalue weighted by Gasteiger charge is 2.23. The van der Waals surface area contributed by atoms with Gasteiger partial charge in [0.25, 0.3) is 0 Å². The molecule has 3 rings (SSSR count). The molecule has 2 aliphatic rings. The monoisotopic (exact) mass is 262 g/mol. The highest BCUT2D eigenvalue weighted by molar-refractivity contribution is 5.40. The average Bonchev–Trinajstić information content (AvgIpc) is 2.93. The van der Waals surface area contributed by atoms with Gasteiger partial charge in [-0.3, -0.25) is 4.90 Å². The second-order valence-corrected chi connectivity index (χ2v) is 5.28. The van der Waals surface area contributed by atoms with E-state index in [2.05, 4.69) is 28.4 Å². The van der Waals surface area contributed by atoms with E-state index in [0.717, 1.165) is 51.4 Å². The first-order valence-electron chi connectivity index (χ1n) is 7.20. The fraction of sp³-hybridized carbons (Fsp3) is 0.600. The molecule has 0 bridgehead atoms. The zero-order chi connectivity index (χ0) is 13.1. The summed E-state index contributed by atoms with van der Waals surface area (Å²) in [5, 5.41) is 12.7. The van der Waals surface area contributed by atoms with Gasteiger partial charge in [-0.2, -0.15) is 0 Å². The molecule has 0 amide bonds. The third-order valence-corrected chi connectivity index (χ3v) is 4.09. The topological polar surface area (TPSA) is 44.7 Å². The van der Waals surface area contributed by atoms with Gasteiger partial charge in [0.1, 0.15) is 5.75 Å². The van der Waals surface area contributed by atoms with E-state index in [9.17, 15) is 5.11 Å². The molecule has 4 heteroatoms. The highest BCUT2D eigenvalue weighted by Crippen LogP contribution is 2.31. The first kappa shape index (κ1) is 12.9. The number of piperazine rings is 1. The number of nitrogens with zero attached hydrogens (tertiary/aromatic N) is 1. The van der Waals surface area contributed by atoms with Crippen molar-refractivity contribution >= 4 is 0 Å². The molecular weight excluding hydrogens is 240 g/mol. The lowest BCUT2D eigenvalue weighted by molar-refractivity contribution is 0.141. The largest absolute Gasteiger partial charge is 0.493 e. The van der Waals surface area contributed by atoms with E-state index in [4.69, 9.17) is 4.74 Å². The quantitative estimate of drug-likeness (QED) is 0.848. The van der Waals surface area contributed by atoms with E-state index in [0.29, 0.717) is 6.04 Å². The maximum atomic E-state index is 9.36. The van der Waals surface area contributed by atoms with Crippen molar-refractivity contribution in [1.82, 2.24) is 10.2 Å². The van der Waals surface area contributed by atoms with Crippen LogP contribution in [0.5, 0.6) is 5.75 Å². The van der Waals surface area contributed by atoms with Gasteiger partial charge in [0.05, 0.1) is 6.61 Å². The molecule has 1 aromatic carbocycles. The average molecular weight is 262 g/mol. The van der Waals surface area contributed by atoms with Gasteiger partial charge in [-0.25, -0.2) is 0 Å². The van der Waals surface area contributed by atoms with E-state index in [1.165, 1.54) is 11.1 Å². The number of fused-ring (bicyclic) bond motifs is 1. The van der Waals surface area contributed by atoms with Crippen molar-refractivity contribution in [3.8, 4) is 5.75 Å². The fourth-order valence-electron chi connectivity index (χ4n) is 3.09. The van der Waals surface area contributed by atoms with Gasteiger partial charge < -0.3 is 15.2 Å². The van der Waals surface area contributed by atoms with Crippen molar-refractivity contribution in [3.05, 3.63) is 29.3 Å². The van der Waals surface area contributed by atoms with E-state index in [1.54, 1.807) is 0 Å². The Morgan fingerprint density at radius 3 is 2.95 bits per heavy atom. The number of aliphatic hydroxyl groups is 1. The Balaban J connectivity index is 1.82. The van der Waals surface area contributed by atoms with Crippen molar-refractivity contribution in [2.75, 3.05) is 39.4 Å². The number of ether oxygens (including phenoxy) is 1. The molecule has 1 atom stereocenters. The Morgan fingerprint density at radius 2 is 2.16 bits per heavy atom. The van der Waals surface area contributed by atoms with Gasteiger partial charge in [-0.05, 0) is 23.6 Å². The lowest BCUT2D eigenvalue weighted by atomic mass is 9.98. The molecule has 1 aromatic rings. The third kappa shape index (κ3) is 2.76. The zero-order valence-electron chi connectivity index (χ0n) is 11.3. The molecule has 2 N–H and O–H groups in total. The molecule has 0 unspecified atom stereocenters. The Morgan fingerprint density at radius 1 is 1.32 bits per heavy atom. The minimum absolute atomic E-state index is 0.238. The maximum Gasteiger partial charge on any atom is 0.122 e. The summed E-state index contributed by atoms with van der Waals surface area (Å²) in [6.07, 6.45) is 1.82. The van der Waals surface area contributed by atoms with E-state index in [1.807, 2.05) is 0 Å². The summed E-state index contributed by atoms with van der Waals surface area (Å²) in [6, 6.07) is 6.85. The normalized spacial score (nSPS) is 20.9. The van der Waals surface area contributed by atoms with Gasteiger partial charge in [0.15, 0.2) is 0 Å². The third-order valence-electron chi connectivity index (χ3n) is 4.09. The molecule has 104 valence electrons. The zero-order valence-corrected chi connectivity index (χ0v) is 11.3. The van der Waals surface area contributed by atoms with Gasteiger partial charge in [-0.1, -0.05) is 12.1 Å².